The molecule has 2 atom stereocenters. The van der Waals surface area contributed by atoms with Crippen molar-refractivity contribution in [3.63, 3.8) is 0 Å². The van der Waals surface area contributed by atoms with Crippen LogP contribution in [0.25, 0.3) is 0 Å². The highest BCUT2D eigenvalue weighted by Crippen LogP contribution is 2.48. The van der Waals surface area contributed by atoms with E-state index >= 15 is 0 Å². The molecule has 0 saturated carbocycles. The first-order valence-electron chi connectivity index (χ1n) is 6.48. The number of carbonyl (C=O) groups excluding carboxylic acids is 1. The number of rotatable bonds is 3. The van der Waals surface area contributed by atoms with Gasteiger partial charge in [-0.2, -0.15) is 0 Å². The molecule has 0 amide bonds. The van der Waals surface area contributed by atoms with E-state index in [0.717, 1.165) is 19.3 Å². The van der Waals surface area contributed by atoms with Crippen molar-refractivity contribution in [3.8, 4) is 0 Å². The number of carbonyl (C=O) groups is 1. The molecule has 16 heavy (non-hydrogen) atoms. The Hall–Kier alpha value is -0.850. The monoisotopic (exact) mass is 218 g/mol. The van der Waals surface area contributed by atoms with Crippen molar-refractivity contribution in [1.29, 1.82) is 0 Å². The molecule has 2 aliphatic rings. The molecule has 0 aliphatic heterocycles. The van der Waals surface area contributed by atoms with E-state index in [2.05, 4.69) is 26.8 Å². The Balaban J connectivity index is 2.26. The number of unbranched alkanes of at least 4 members (excludes halogenated alkanes) is 1. The molecule has 88 valence electrons. The fourth-order valence-electron chi connectivity index (χ4n) is 3.00. The summed E-state index contributed by atoms with van der Waals surface area (Å²) in [7, 11) is 0. The van der Waals surface area contributed by atoms with Gasteiger partial charge in [0.2, 0.25) is 0 Å². The molecule has 0 aromatic carbocycles. The first kappa shape index (κ1) is 11.6. The van der Waals surface area contributed by atoms with Gasteiger partial charge in [-0.15, -0.1) is 0 Å². The predicted molar refractivity (Wildman–Crippen MR) is 67.2 cm³/mol. The van der Waals surface area contributed by atoms with E-state index in [4.69, 9.17) is 0 Å². The van der Waals surface area contributed by atoms with E-state index in [1.165, 1.54) is 24.0 Å². The van der Waals surface area contributed by atoms with Crippen LogP contribution < -0.4 is 0 Å². The van der Waals surface area contributed by atoms with Crippen LogP contribution in [0.4, 0.5) is 0 Å². The van der Waals surface area contributed by atoms with Crippen molar-refractivity contribution in [2.24, 2.45) is 11.3 Å². The fraction of sp³-hybridized carbons (Fsp3) is 0.667. The summed E-state index contributed by atoms with van der Waals surface area (Å²) in [6.07, 6.45) is 9.94. The van der Waals surface area contributed by atoms with Crippen molar-refractivity contribution >= 4 is 5.78 Å². The second kappa shape index (κ2) is 4.20. The fourth-order valence-corrected chi connectivity index (χ4v) is 3.00. The van der Waals surface area contributed by atoms with Crippen LogP contribution in [0.5, 0.6) is 0 Å². The summed E-state index contributed by atoms with van der Waals surface area (Å²) in [5.74, 6) is 0.529. The van der Waals surface area contributed by atoms with E-state index < -0.39 is 0 Å². The predicted octanol–water partition coefficient (Wildman–Crippen LogP) is 4.05. The summed E-state index contributed by atoms with van der Waals surface area (Å²) < 4.78 is 0. The Labute approximate surface area is 98.6 Å². The minimum absolute atomic E-state index is 0.184. The highest BCUT2D eigenvalue weighted by atomic mass is 16.1. The van der Waals surface area contributed by atoms with Gasteiger partial charge in [0.15, 0.2) is 5.78 Å². The second-order valence-electron chi connectivity index (χ2n) is 5.65. The lowest BCUT2D eigenvalue weighted by Crippen LogP contribution is -2.35. The van der Waals surface area contributed by atoms with Crippen molar-refractivity contribution in [2.45, 2.75) is 52.9 Å². The van der Waals surface area contributed by atoms with Gasteiger partial charge in [0, 0.05) is 5.92 Å². The van der Waals surface area contributed by atoms with Gasteiger partial charge in [-0.05, 0) is 44.1 Å². The van der Waals surface area contributed by atoms with Crippen LogP contribution in [0.2, 0.25) is 0 Å². The summed E-state index contributed by atoms with van der Waals surface area (Å²) in [6.45, 7) is 6.64. The van der Waals surface area contributed by atoms with Gasteiger partial charge in [-0.3, -0.25) is 4.79 Å². The lowest BCUT2D eigenvalue weighted by Gasteiger charge is -2.42. The average molecular weight is 218 g/mol. The Morgan fingerprint density at radius 1 is 1.50 bits per heavy atom. The lowest BCUT2D eigenvalue weighted by molar-refractivity contribution is -0.119. The smallest absolute Gasteiger partial charge is 0.162 e. The second-order valence-corrected chi connectivity index (χ2v) is 5.65. The Morgan fingerprint density at radius 3 is 2.94 bits per heavy atom. The number of hydrogen-bond donors (Lipinski definition) is 0. The van der Waals surface area contributed by atoms with Gasteiger partial charge in [0.1, 0.15) is 0 Å². The minimum atomic E-state index is 0.184. The van der Waals surface area contributed by atoms with E-state index in [1.54, 1.807) is 0 Å². The van der Waals surface area contributed by atoms with Crippen molar-refractivity contribution < 1.29 is 4.79 Å². The number of allylic oxidation sites excluding steroid dienone is 4. The molecule has 2 rings (SSSR count). The highest BCUT2D eigenvalue weighted by Gasteiger charge is 2.40. The molecule has 0 aromatic heterocycles. The molecular formula is C15H22O. The van der Waals surface area contributed by atoms with Gasteiger partial charge in [-0.25, -0.2) is 0 Å². The molecule has 2 bridgehead atoms. The van der Waals surface area contributed by atoms with Crippen LogP contribution in [0.1, 0.15) is 52.9 Å². The van der Waals surface area contributed by atoms with Crippen molar-refractivity contribution in [1.82, 2.24) is 0 Å². The zero-order chi connectivity index (χ0) is 11.8. The molecule has 0 saturated heterocycles. The number of fused-ring (bicyclic) bond motifs is 2. The van der Waals surface area contributed by atoms with Gasteiger partial charge < -0.3 is 0 Å². The molecule has 2 aliphatic carbocycles. The van der Waals surface area contributed by atoms with Gasteiger partial charge in [-0.1, -0.05) is 37.5 Å². The lowest BCUT2D eigenvalue weighted by atomic mass is 9.62. The molecule has 0 unspecified atom stereocenters. The van der Waals surface area contributed by atoms with Crippen LogP contribution in [0.15, 0.2) is 23.3 Å². The first-order valence-corrected chi connectivity index (χ1v) is 6.48. The summed E-state index contributed by atoms with van der Waals surface area (Å²) in [5.41, 5.74) is 2.96. The Kier molecular flexibility index (Phi) is 3.05. The minimum Gasteiger partial charge on any atom is -0.294 e. The summed E-state index contributed by atoms with van der Waals surface area (Å²) in [5, 5.41) is 0. The highest BCUT2D eigenvalue weighted by molar-refractivity contribution is 5.96. The average Bonchev–Trinajstić information content (AvgIpc) is 2.26. The first-order chi connectivity index (χ1) is 7.57. The van der Waals surface area contributed by atoms with Gasteiger partial charge >= 0.3 is 0 Å². The third kappa shape index (κ3) is 1.88. The molecule has 1 nitrogen and oxygen atoms in total. The normalized spacial score (nSPS) is 33.4. The van der Waals surface area contributed by atoms with Crippen LogP contribution in [0, 0.1) is 11.3 Å². The maximum absolute atomic E-state index is 12.0. The standard InChI is InChI=1S/C15H22O/c1-4-5-6-12-9-14(16)13-10-15(12,3)8-7-11(13)2/h7,9,13H,4-6,8,10H2,1-3H3/t13-,15-/m1/s1. The van der Waals surface area contributed by atoms with Gasteiger partial charge in [0.05, 0.1) is 0 Å². The van der Waals surface area contributed by atoms with Crippen LogP contribution in [-0.4, -0.2) is 5.78 Å². The van der Waals surface area contributed by atoms with E-state index in [0.29, 0.717) is 5.78 Å². The summed E-state index contributed by atoms with van der Waals surface area (Å²) in [4.78, 5) is 12.0. The molecule has 0 fully saturated rings. The van der Waals surface area contributed by atoms with Gasteiger partial charge in [0.25, 0.3) is 0 Å². The Morgan fingerprint density at radius 2 is 2.25 bits per heavy atom. The van der Waals surface area contributed by atoms with Crippen LogP contribution in [0.3, 0.4) is 0 Å². The Bertz CT molecular complexity index is 362. The number of hydrogen-bond acceptors (Lipinski definition) is 1. The molecule has 0 radical (unpaired) electrons. The van der Waals surface area contributed by atoms with Crippen LogP contribution in [-0.2, 0) is 4.79 Å². The third-order valence-electron chi connectivity index (χ3n) is 4.31. The van der Waals surface area contributed by atoms with E-state index in [1.807, 2.05) is 6.08 Å². The summed E-state index contributed by atoms with van der Waals surface area (Å²) >= 11 is 0. The quantitative estimate of drug-likeness (QED) is 0.653. The molecule has 0 spiro atoms. The van der Waals surface area contributed by atoms with Crippen molar-refractivity contribution in [2.75, 3.05) is 0 Å². The molecular weight excluding hydrogens is 196 g/mol. The van der Waals surface area contributed by atoms with Crippen molar-refractivity contribution in [3.05, 3.63) is 23.3 Å². The van der Waals surface area contributed by atoms with Crippen LogP contribution >= 0.6 is 0 Å². The third-order valence-corrected chi connectivity index (χ3v) is 4.31. The van der Waals surface area contributed by atoms with E-state index in [9.17, 15) is 4.79 Å². The van der Waals surface area contributed by atoms with E-state index in [-0.39, 0.29) is 11.3 Å². The largest absolute Gasteiger partial charge is 0.294 e. The topological polar surface area (TPSA) is 17.1 Å². The SMILES string of the molecule is CCCCC1=CC(=O)[C@@H]2C[C@@]1(C)CC=C2C. The molecule has 0 N–H and O–H groups in total. The maximum Gasteiger partial charge on any atom is 0.162 e. The zero-order valence-corrected chi connectivity index (χ0v) is 10.7. The zero-order valence-electron chi connectivity index (χ0n) is 10.7. The molecule has 1 heteroatoms. The number of ketones is 1. The molecule has 0 aromatic rings. The maximum atomic E-state index is 12.0. The summed E-state index contributed by atoms with van der Waals surface area (Å²) in [6, 6.07) is 0. The molecule has 0 heterocycles.